The Balaban J connectivity index is 1.51. The van der Waals surface area contributed by atoms with E-state index in [2.05, 4.69) is 50.6 Å². The smallest absolute Gasteiger partial charge is 0.318 e. The number of aromatic amines is 1. The van der Waals surface area contributed by atoms with Crippen molar-refractivity contribution in [1.82, 2.24) is 15.0 Å². The van der Waals surface area contributed by atoms with E-state index in [4.69, 9.17) is 9.47 Å². The SMILES string of the molecule is COc1ccc(CCNc2cc(-c3ccc4cc[nH]c4c3)nc(OC)n2)cc1. The number of hydrogen-bond donors (Lipinski definition) is 2. The fourth-order valence-electron chi connectivity index (χ4n) is 3.09. The van der Waals surface area contributed by atoms with Crippen molar-refractivity contribution in [2.45, 2.75) is 6.42 Å². The van der Waals surface area contributed by atoms with Gasteiger partial charge in [-0.2, -0.15) is 9.97 Å². The van der Waals surface area contributed by atoms with Crippen LogP contribution in [0.5, 0.6) is 11.8 Å². The summed E-state index contributed by atoms with van der Waals surface area (Å²) in [4.78, 5) is 12.1. The summed E-state index contributed by atoms with van der Waals surface area (Å²) in [5.74, 6) is 1.60. The summed E-state index contributed by atoms with van der Waals surface area (Å²) >= 11 is 0. The highest BCUT2D eigenvalue weighted by molar-refractivity contribution is 5.84. The molecule has 0 radical (unpaired) electrons. The monoisotopic (exact) mass is 374 g/mol. The van der Waals surface area contributed by atoms with Crippen molar-refractivity contribution in [3.05, 3.63) is 66.4 Å². The molecule has 0 aliphatic heterocycles. The molecule has 0 saturated carbocycles. The summed E-state index contributed by atoms with van der Waals surface area (Å²) in [5, 5.41) is 4.54. The Morgan fingerprint density at radius 3 is 2.57 bits per heavy atom. The molecule has 6 nitrogen and oxygen atoms in total. The molecule has 0 fully saturated rings. The maximum Gasteiger partial charge on any atom is 0.318 e. The van der Waals surface area contributed by atoms with Crippen LogP contribution in [0, 0.1) is 0 Å². The number of aromatic nitrogens is 3. The van der Waals surface area contributed by atoms with Crippen molar-refractivity contribution >= 4 is 16.7 Å². The van der Waals surface area contributed by atoms with Gasteiger partial charge in [0.25, 0.3) is 0 Å². The number of nitrogens with one attached hydrogen (secondary N) is 2. The van der Waals surface area contributed by atoms with Crippen molar-refractivity contribution in [2.24, 2.45) is 0 Å². The van der Waals surface area contributed by atoms with Crippen LogP contribution in [0.25, 0.3) is 22.2 Å². The Morgan fingerprint density at radius 1 is 0.929 bits per heavy atom. The molecule has 0 unspecified atom stereocenters. The highest BCUT2D eigenvalue weighted by Crippen LogP contribution is 2.25. The summed E-state index contributed by atoms with van der Waals surface area (Å²) in [7, 11) is 3.25. The first-order chi connectivity index (χ1) is 13.7. The summed E-state index contributed by atoms with van der Waals surface area (Å²) in [6.45, 7) is 0.752. The van der Waals surface area contributed by atoms with Crippen LogP contribution in [-0.4, -0.2) is 35.7 Å². The molecule has 28 heavy (non-hydrogen) atoms. The highest BCUT2D eigenvalue weighted by atomic mass is 16.5. The van der Waals surface area contributed by atoms with Crippen molar-refractivity contribution in [3.8, 4) is 23.0 Å². The van der Waals surface area contributed by atoms with E-state index >= 15 is 0 Å². The lowest BCUT2D eigenvalue weighted by Crippen LogP contribution is -2.08. The van der Waals surface area contributed by atoms with Crippen LogP contribution in [0.2, 0.25) is 0 Å². The number of methoxy groups -OCH3 is 2. The van der Waals surface area contributed by atoms with E-state index in [-0.39, 0.29) is 0 Å². The molecule has 4 aromatic rings. The topological polar surface area (TPSA) is 72.1 Å². The summed E-state index contributed by atoms with van der Waals surface area (Å²) in [6.07, 6.45) is 2.81. The Bertz CT molecular complexity index is 1070. The molecule has 2 heterocycles. The molecule has 2 aromatic heterocycles. The maximum absolute atomic E-state index is 5.30. The molecule has 0 saturated heterocycles. The van der Waals surface area contributed by atoms with Gasteiger partial charge in [0, 0.05) is 29.9 Å². The molecule has 2 N–H and O–H groups in total. The van der Waals surface area contributed by atoms with Crippen LogP contribution < -0.4 is 14.8 Å². The number of nitrogens with zero attached hydrogens (tertiary/aromatic N) is 2. The standard InChI is InChI=1S/C22H22N4O2/c1-27-18-7-3-15(4-8-18)9-11-24-21-14-20(25-22(26-21)28-2)17-6-5-16-10-12-23-19(16)13-17/h3-8,10,12-14,23H,9,11H2,1-2H3,(H,24,25,26). The van der Waals surface area contributed by atoms with Gasteiger partial charge in [-0.1, -0.05) is 24.3 Å². The number of rotatable bonds is 7. The van der Waals surface area contributed by atoms with Gasteiger partial charge in [-0.3, -0.25) is 0 Å². The molecule has 0 spiro atoms. The molecule has 4 rings (SSSR count). The number of fused-ring (bicyclic) bond motifs is 1. The van der Waals surface area contributed by atoms with Gasteiger partial charge in [0.05, 0.1) is 19.9 Å². The fraction of sp³-hybridized carbons (Fsp3) is 0.182. The van der Waals surface area contributed by atoms with Crippen molar-refractivity contribution in [3.63, 3.8) is 0 Å². The normalized spacial score (nSPS) is 10.8. The van der Waals surface area contributed by atoms with E-state index in [1.54, 1.807) is 14.2 Å². The first-order valence-electron chi connectivity index (χ1n) is 9.12. The van der Waals surface area contributed by atoms with Crippen molar-refractivity contribution < 1.29 is 9.47 Å². The van der Waals surface area contributed by atoms with E-state index in [0.717, 1.165) is 41.3 Å². The lowest BCUT2D eigenvalue weighted by atomic mass is 10.1. The first-order valence-corrected chi connectivity index (χ1v) is 9.12. The lowest BCUT2D eigenvalue weighted by molar-refractivity contribution is 0.381. The molecule has 0 aliphatic carbocycles. The Hall–Kier alpha value is -3.54. The maximum atomic E-state index is 5.30. The van der Waals surface area contributed by atoms with Gasteiger partial charge in [-0.25, -0.2) is 0 Å². The average molecular weight is 374 g/mol. The van der Waals surface area contributed by atoms with Crippen molar-refractivity contribution in [1.29, 1.82) is 0 Å². The molecular formula is C22H22N4O2. The third kappa shape index (κ3) is 3.91. The molecule has 0 aliphatic rings. The van der Waals surface area contributed by atoms with Gasteiger partial charge >= 0.3 is 6.01 Å². The second-order valence-electron chi connectivity index (χ2n) is 6.43. The van der Waals surface area contributed by atoms with Crippen LogP contribution in [0.1, 0.15) is 5.56 Å². The fourth-order valence-corrected chi connectivity index (χ4v) is 3.09. The molecule has 142 valence electrons. The van der Waals surface area contributed by atoms with Crippen LogP contribution in [-0.2, 0) is 6.42 Å². The zero-order valence-electron chi connectivity index (χ0n) is 15.9. The minimum atomic E-state index is 0.344. The Morgan fingerprint density at radius 2 is 1.79 bits per heavy atom. The van der Waals surface area contributed by atoms with E-state index in [9.17, 15) is 0 Å². The van der Waals surface area contributed by atoms with E-state index in [0.29, 0.717) is 6.01 Å². The van der Waals surface area contributed by atoms with Gasteiger partial charge in [0.2, 0.25) is 0 Å². The zero-order chi connectivity index (χ0) is 19.3. The number of anilines is 1. The summed E-state index contributed by atoms with van der Waals surface area (Å²) in [6, 6.07) is 18.6. The van der Waals surface area contributed by atoms with E-state index in [1.165, 1.54) is 10.9 Å². The zero-order valence-corrected chi connectivity index (χ0v) is 15.9. The number of benzene rings is 2. The second-order valence-corrected chi connectivity index (χ2v) is 6.43. The molecule has 0 amide bonds. The molecule has 2 aromatic carbocycles. The largest absolute Gasteiger partial charge is 0.497 e. The highest BCUT2D eigenvalue weighted by Gasteiger charge is 2.08. The third-order valence-electron chi connectivity index (χ3n) is 4.62. The summed E-state index contributed by atoms with van der Waals surface area (Å²) in [5.41, 5.74) is 4.12. The van der Waals surface area contributed by atoms with Crippen LogP contribution in [0.15, 0.2) is 60.8 Å². The minimum absolute atomic E-state index is 0.344. The molecule has 6 heteroatoms. The van der Waals surface area contributed by atoms with Gasteiger partial charge in [0.15, 0.2) is 0 Å². The van der Waals surface area contributed by atoms with Crippen LogP contribution in [0.3, 0.4) is 0 Å². The van der Waals surface area contributed by atoms with E-state index in [1.807, 2.05) is 30.5 Å². The lowest BCUT2D eigenvalue weighted by Gasteiger charge is -2.10. The third-order valence-corrected chi connectivity index (χ3v) is 4.62. The Labute approximate surface area is 163 Å². The van der Waals surface area contributed by atoms with Gasteiger partial charge in [-0.15, -0.1) is 0 Å². The number of hydrogen-bond acceptors (Lipinski definition) is 5. The van der Waals surface area contributed by atoms with Gasteiger partial charge in [0.1, 0.15) is 11.6 Å². The van der Waals surface area contributed by atoms with E-state index < -0.39 is 0 Å². The molecular weight excluding hydrogens is 352 g/mol. The van der Waals surface area contributed by atoms with Crippen LogP contribution in [0.4, 0.5) is 5.82 Å². The molecule has 0 atom stereocenters. The average Bonchev–Trinajstić information content (AvgIpc) is 3.22. The van der Waals surface area contributed by atoms with Crippen molar-refractivity contribution in [2.75, 3.05) is 26.1 Å². The van der Waals surface area contributed by atoms with Gasteiger partial charge in [-0.05, 0) is 41.6 Å². The van der Waals surface area contributed by atoms with Crippen LogP contribution >= 0.6 is 0 Å². The second kappa shape index (κ2) is 8.00. The first kappa shape index (κ1) is 17.9. The number of ether oxygens (including phenoxy) is 2. The number of H-pyrrole nitrogens is 1. The predicted octanol–water partition coefficient (Wildman–Crippen LogP) is 4.30. The predicted molar refractivity (Wildman–Crippen MR) is 111 cm³/mol. The minimum Gasteiger partial charge on any atom is -0.497 e. The Kier molecular flexibility index (Phi) is 5.10. The molecule has 0 bridgehead atoms. The summed E-state index contributed by atoms with van der Waals surface area (Å²) < 4.78 is 10.5. The quantitative estimate of drug-likeness (QED) is 0.505. The van der Waals surface area contributed by atoms with Gasteiger partial charge < -0.3 is 19.8 Å².